The van der Waals surface area contributed by atoms with Gasteiger partial charge in [-0.2, -0.15) is 0 Å². The highest BCUT2D eigenvalue weighted by Crippen LogP contribution is 2.24. The zero-order valence-electron chi connectivity index (χ0n) is 14.4. The Labute approximate surface area is 149 Å². The highest BCUT2D eigenvalue weighted by atomic mass is 32.1. The van der Waals surface area contributed by atoms with E-state index in [1.165, 1.54) is 18.4 Å². The van der Waals surface area contributed by atoms with E-state index in [4.69, 9.17) is 4.74 Å². The summed E-state index contributed by atoms with van der Waals surface area (Å²) < 4.78 is 6.70. The second kappa shape index (κ2) is 7.18. The molecule has 9 nitrogen and oxygen atoms in total. The highest BCUT2D eigenvalue weighted by molar-refractivity contribution is 7.15. The topological polar surface area (TPSA) is 102 Å². The summed E-state index contributed by atoms with van der Waals surface area (Å²) in [5, 5.41) is 16.0. The maximum Gasteiger partial charge on any atom is 0.260 e. The first-order chi connectivity index (χ1) is 12.0. The summed E-state index contributed by atoms with van der Waals surface area (Å²) in [5.74, 6) is -0.00572. The molecule has 3 heterocycles. The van der Waals surface area contributed by atoms with E-state index < -0.39 is 0 Å². The van der Waals surface area contributed by atoms with Crippen LogP contribution in [-0.4, -0.2) is 56.9 Å². The third-order valence-corrected chi connectivity index (χ3v) is 4.88. The third kappa shape index (κ3) is 3.78. The van der Waals surface area contributed by atoms with Gasteiger partial charge in [-0.25, -0.2) is 0 Å². The Bertz CT molecular complexity index is 778. The van der Waals surface area contributed by atoms with Gasteiger partial charge in [-0.3, -0.25) is 14.3 Å². The Kier molecular flexibility index (Phi) is 4.98. The van der Waals surface area contributed by atoms with E-state index in [0.717, 1.165) is 5.01 Å². The van der Waals surface area contributed by atoms with Crippen LogP contribution in [0.15, 0.2) is 6.20 Å². The molecular formula is C15H20N6O3S. The number of piperidine rings is 1. The predicted molar refractivity (Wildman–Crippen MR) is 91.7 cm³/mol. The fourth-order valence-corrected chi connectivity index (χ4v) is 3.43. The van der Waals surface area contributed by atoms with Gasteiger partial charge in [0, 0.05) is 32.3 Å². The van der Waals surface area contributed by atoms with Gasteiger partial charge in [0.1, 0.15) is 10.6 Å². The SMILES string of the molecule is COc1nn(C)cc1C(=O)N1CCC(C(=O)Nc2nnc(C)s2)CC1. The molecule has 0 radical (unpaired) electrons. The number of hydrogen-bond acceptors (Lipinski definition) is 7. The molecule has 1 fully saturated rings. The first-order valence-corrected chi connectivity index (χ1v) is 8.77. The molecule has 0 unspecified atom stereocenters. The van der Waals surface area contributed by atoms with Crippen LogP contribution in [0.25, 0.3) is 0 Å². The molecule has 0 aliphatic carbocycles. The fourth-order valence-electron chi connectivity index (χ4n) is 2.84. The molecule has 0 spiro atoms. The van der Waals surface area contributed by atoms with Crippen molar-refractivity contribution in [3.05, 3.63) is 16.8 Å². The van der Waals surface area contributed by atoms with E-state index in [-0.39, 0.29) is 17.7 Å². The molecule has 0 aromatic carbocycles. The van der Waals surface area contributed by atoms with Gasteiger partial charge in [-0.05, 0) is 19.8 Å². The number of nitrogens with zero attached hydrogens (tertiary/aromatic N) is 5. The Balaban J connectivity index is 1.57. The molecule has 25 heavy (non-hydrogen) atoms. The number of likely N-dealkylation sites (tertiary alicyclic amines) is 1. The number of aryl methyl sites for hydroxylation is 2. The quantitative estimate of drug-likeness (QED) is 0.871. The summed E-state index contributed by atoms with van der Waals surface area (Å²) in [4.78, 5) is 26.7. The van der Waals surface area contributed by atoms with E-state index in [0.29, 0.717) is 42.5 Å². The second-order valence-electron chi connectivity index (χ2n) is 5.91. The lowest BCUT2D eigenvalue weighted by Gasteiger charge is -2.31. The maximum absolute atomic E-state index is 12.6. The van der Waals surface area contributed by atoms with Crippen LogP contribution in [0.2, 0.25) is 0 Å². The summed E-state index contributed by atoms with van der Waals surface area (Å²) in [7, 11) is 3.23. The lowest BCUT2D eigenvalue weighted by Crippen LogP contribution is -2.41. The standard InChI is InChI=1S/C15H20N6O3S/c1-9-17-18-15(25-9)16-12(22)10-4-6-21(7-5-10)14(23)11-8-20(2)19-13(11)24-3/h8,10H,4-7H2,1-3H3,(H,16,18,22). The van der Waals surface area contributed by atoms with Gasteiger partial charge < -0.3 is 15.0 Å². The molecular weight excluding hydrogens is 344 g/mol. The summed E-state index contributed by atoms with van der Waals surface area (Å²) in [6.07, 6.45) is 2.87. The van der Waals surface area contributed by atoms with Gasteiger partial charge in [0.15, 0.2) is 0 Å². The van der Waals surface area contributed by atoms with Gasteiger partial charge >= 0.3 is 0 Å². The van der Waals surface area contributed by atoms with Crippen LogP contribution >= 0.6 is 11.3 Å². The van der Waals surface area contributed by atoms with Crippen LogP contribution < -0.4 is 10.1 Å². The number of anilines is 1. The molecule has 1 N–H and O–H groups in total. The van der Waals surface area contributed by atoms with Gasteiger partial charge in [-0.15, -0.1) is 15.3 Å². The number of rotatable bonds is 4. The highest BCUT2D eigenvalue weighted by Gasteiger charge is 2.30. The molecule has 1 aliphatic heterocycles. The van der Waals surface area contributed by atoms with Crippen LogP contribution in [0.5, 0.6) is 5.88 Å². The Morgan fingerprint density at radius 2 is 2.04 bits per heavy atom. The number of methoxy groups -OCH3 is 1. The van der Waals surface area contributed by atoms with Crippen molar-refractivity contribution in [1.82, 2.24) is 24.9 Å². The van der Waals surface area contributed by atoms with Crippen molar-refractivity contribution in [2.75, 3.05) is 25.5 Å². The van der Waals surface area contributed by atoms with Crippen molar-refractivity contribution >= 4 is 28.3 Å². The summed E-state index contributed by atoms with van der Waals surface area (Å²) >= 11 is 1.35. The number of carbonyl (C=O) groups excluding carboxylic acids is 2. The number of aromatic nitrogens is 4. The zero-order chi connectivity index (χ0) is 18.0. The van der Waals surface area contributed by atoms with Crippen molar-refractivity contribution in [2.45, 2.75) is 19.8 Å². The van der Waals surface area contributed by atoms with Gasteiger partial charge in [0.2, 0.25) is 16.9 Å². The van der Waals surface area contributed by atoms with Crippen molar-refractivity contribution in [3.63, 3.8) is 0 Å². The Morgan fingerprint density at radius 1 is 1.32 bits per heavy atom. The van der Waals surface area contributed by atoms with E-state index in [1.54, 1.807) is 22.8 Å². The second-order valence-corrected chi connectivity index (χ2v) is 7.09. The lowest BCUT2D eigenvalue weighted by molar-refractivity contribution is -0.121. The largest absolute Gasteiger partial charge is 0.479 e. The first-order valence-electron chi connectivity index (χ1n) is 7.96. The maximum atomic E-state index is 12.6. The Hall–Kier alpha value is -2.49. The minimum Gasteiger partial charge on any atom is -0.479 e. The smallest absolute Gasteiger partial charge is 0.260 e. The van der Waals surface area contributed by atoms with Gasteiger partial charge in [0.25, 0.3) is 5.91 Å². The van der Waals surface area contributed by atoms with Gasteiger partial charge in [-0.1, -0.05) is 11.3 Å². The van der Waals surface area contributed by atoms with Crippen LogP contribution in [0.1, 0.15) is 28.2 Å². The average molecular weight is 364 g/mol. The van der Waals surface area contributed by atoms with Crippen LogP contribution in [-0.2, 0) is 11.8 Å². The van der Waals surface area contributed by atoms with Crippen LogP contribution in [0, 0.1) is 12.8 Å². The monoisotopic (exact) mass is 364 g/mol. The first kappa shape index (κ1) is 17.3. The van der Waals surface area contributed by atoms with Crippen molar-refractivity contribution < 1.29 is 14.3 Å². The van der Waals surface area contributed by atoms with E-state index in [1.807, 2.05) is 6.92 Å². The van der Waals surface area contributed by atoms with Crippen molar-refractivity contribution in [1.29, 1.82) is 0 Å². The predicted octanol–water partition coefficient (Wildman–Crippen LogP) is 1.08. The minimum atomic E-state index is -0.135. The fraction of sp³-hybridized carbons (Fsp3) is 0.533. The van der Waals surface area contributed by atoms with E-state index in [2.05, 4.69) is 20.6 Å². The molecule has 1 saturated heterocycles. The lowest BCUT2D eigenvalue weighted by atomic mass is 9.95. The van der Waals surface area contributed by atoms with Crippen molar-refractivity contribution in [2.24, 2.45) is 13.0 Å². The molecule has 0 saturated carbocycles. The molecule has 2 amide bonds. The molecule has 2 aromatic rings. The third-order valence-electron chi connectivity index (χ3n) is 4.13. The van der Waals surface area contributed by atoms with Gasteiger partial charge in [0.05, 0.1) is 7.11 Å². The average Bonchev–Trinajstić information content (AvgIpc) is 3.19. The molecule has 1 aliphatic rings. The number of hydrogen-bond donors (Lipinski definition) is 1. The number of nitrogens with one attached hydrogen (secondary N) is 1. The summed E-state index contributed by atoms with van der Waals surface area (Å²) in [6.45, 7) is 2.87. The molecule has 134 valence electrons. The Morgan fingerprint density at radius 3 is 2.64 bits per heavy atom. The van der Waals surface area contributed by atoms with E-state index in [9.17, 15) is 9.59 Å². The molecule has 10 heteroatoms. The molecule has 2 aromatic heterocycles. The van der Waals surface area contributed by atoms with Crippen molar-refractivity contribution in [3.8, 4) is 5.88 Å². The summed E-state index contributed by atoms with van der Waals surface area (Å²) in [6, 6.07) is 0. The van der Waals surface area contributed by atoms with Crippen LogP contribution in [0.4, 0.5) is 5.13 Å². The van der Waals surface area contributed by atoms with E-state index >= 15 is 0 Å². The zero-order valence-corrected chi connectivity index (χ0v) is 15.2. The number of carbonyl (C=O) groups is 2. The summed E-state index contributed by atoms with van der Waals surface area (Å²) in [5.41, 5.74) is 0.442. The number of amides is 2. The minimum absolute atomic E-state index is 0.0674. The molecule has 0 bridgehead atoms. The number of ether oxygens (including phenoxy) is 1. The molecule has 0 atom stereocenters. The normalized spacial score (nSPS) is 15.2. The molecule has 3 rings (SSSR count). The van der Waals surface area contributed by atoms with Crippen LogP contribution in [0.3, 0.4) is 0 Å².